The number of anilines is 1. The number of hydrogen-bond donors (Lipinski definition) is 1. The van der Waals surface area contributed by atoms with Gasteiger partial charge in [-0.05, 0) is 41.7 Å². The van der Waals surface area contributed by atoms with Crippen LogP contribution in [0, 0.1) is 0 Å². The van der Waals surface area contributed by atoms with Gasteiger partial charge < -0.3 is 19.9 Å². The first-order chi connectivity index (χ1) is 10.2. The van der Waals surface area contributed by atoms with E-state index in [1.165, 1.54) is 11.1 Å². The van der Waals surface area contributed by atoms with Gasteiger partial charge in [0.1, 0.15) is 5.76 Å². The molecule has 0 unspecified atom stereocenters. The molecule has 0 bridgehead atoms. The topological polar surface area (TPSA) is 53.7 Å². The number of hydrogen-bond acceptors (Lipinski definition) is 4. The lowest BCUT2D eigenvalue weighted by atomic mass is 9.94. The summed E-state index contributed by atoms with van der Waals surface area (Å²) in [5.41, 5.74) is 10.5. The third-order valence-electron chi connectivity index (χ3n) is 3.67. The molecule has 0 heterocycles. The van der Waals surface area contributed by atoms with Gasteiger partial charge in [-0.2, -0.15) is 0 Å². The molecule has 0 fully saturated rings. The summed E-state index contributed by atoms with van der Waals surface area (Å²) in [6, 6.07) is 6.26. The summed E-state index contributed by atoms with van der Waals surface area (Å²) >= 11 is 0. The molecule has 0 aliphatic heterocycles. The van der Waals surface area contributed by atoms with E-state index >= 15 is 0 Å². The van der Waals surface area contributed by atoms with Crippen LogP contribution in [0.1, 0.15) is 30.9 Å². The Labute approximate surface area is 126 Å². The van der Waals surface area contributed by atoms with E-state index in [0.717, 1.165) is 42.0 Å². The molecule has 0 aromatic heterocycles. The molecule has 4 nitrogen and oxygen atoms in total. The maximum absolute atomic E-state index is 6.09. The molecule has 2 rings (SSSR count). The van der Waals surface area contributed by atoms with Crippen molar-refractivity contribution in [3.8, 4) is 0 Å². The zero-order valence-electron chi connectivity index (χ0n) is 12.9. The summed E-state index contributed by atoms with van der Waals surface area (Å²) in [4.78, 5) is 0. The van der Waals surface area contributed by atoms with Crippen LogP contribution in [0.25, 0.3) is 5.57 Å². The summed E-state index contributed by atoms with van der Waals surface area (Å²) in [6.45, 7) is 2.35. The van der Waals surface area contributed by atoms with Gasteiger partial charge in [0.05, 0.1) is 7.11 Å². The Morgan fingerprint density at radius 2 is 2.00 bits per heavy atom. The molecular weight excluding hydrogens is 266 g/mol. The van der Waals surface area contributed by atoms with Gasteiger partial charge >= 0.3 is 0 Å². The van der Waals surface area contributed by atoms with Crippen LogP contribution in [-0.4, -0.2) is 21.0 Å². The number of allylic oxidation sites excluding steroid dienone is 3. The fraction of sp³-hybridized carbons (Fsp3) is 0.412. The van der Waals surface area contributed by atoms with Crippen LogP contribution in [0.2, 0.25) is 0 Å². The summed E-state index contributed by atoms with van der Waals surface area (Å²) in [6.07, 6.45) is 4.67. The number of rotatable bonds is 6. The Kier molecular flexibility index (Phi) is 5.28. The van der Waals surface area contributed by atoms with Crippen LogP contribution in [0.4, 0.5) is 5.69 Å². The largest absolute Gasteiger partial charge is 0.493 e. The fourth-order valence-corrected chi connectivity index (χ4v) is 2.47. The molecule has 21 heavy (non-hydrogen) atoms. The van der Waals surface area contributed by atoms with Gasteiger partial charge in [0, 0.05) is 19.2 Å². The van der Waals surface area contributed by atoms with Gasteiger partial charge in [-0.15, -0.1) is 0 Å². The zero-order chi connectivity index (χ0) is 15.2. The maximum Gasteiger partial charge on any atom is 0.188 e. The Morgan fingerprint density at radius 3 is 2.62 bits per heavy atom. The minimum absolute atomic E-state index is 0.240. The maximum atomic E-state index is 6.09. The molecule has 114 valence electrons. The number of benzene rings is 1. The average Bonchev–Trinajstić information content (AvgIpc) is 2.52. The molecule has 0 radical (unpaired) electrons. The van der Waals surface area contributed by atoms with Crippen LogP contribution >= 0.6 is 0 Å². The molecule has 1 aromatic carbocycles. The normalized spacial score (nSPS) is 14.9. The molecule has 0 spiro atoms. The first-order valence-electron chi connectivity index (χ1n) is 7.17. The number of nitrogen functional groups attached to an aromatic ring is 1. The minimum atomic E-state index is 0.240. The zero-order valence-corrected chi connectivity index (χ0v) is 12.9. The Balaban J connectivity index is 2.26. The van der Waals surface area contributed by atoms with Crippen LogP contribution < -0.4 is 5.73 Å². The summed E-state index contributed by atoms with van der Waals surface area (Å²) in [7, 11) is 3.26. The van der Waals surface area contributed by atoms with Crippen LogP contribution in [0.3, 0.4) is 0 Å². The fourth-order valence-electron chi connectivity index (χ4n) is 2.47. The van der Waals surface area contributed by atoms with Crippen molar-refractivity contribution in [3.63, 3.8) is 0 Å². The number of methoxy groups -OCH3 is 2. The second-order valence-corrected chi connectivity index (χ2v) is 4.98. The lowest BCUT2D eigenvalue weighted by Gasteiger charge is -2.20. The molecule has 1 aliphatic carbocycles. The quantitative estimate of drug-likeness (QED) is 0.643. The predicted octanol–water partition coefficient (Wildman–Crippen LogP) is 3.49. The number of nitrogens with two attached hydrogens (primary N) is 1. The van der Waals surface area contributed by atoms with Crippen molar-refractivity contribution >= 4 is 11.3 Å². The van der Waals surface area contributed by atoms with Gasteiger partial charge in [-0.25, -0.2) is 0 Å². The third-order valence-corrected chi connectivity index (χ3v) is 3.67. The van der Waals surface area contributed by atoms with E-state index in [2.05, 4.69) is 19.1 Å². The van der Waals surface area contributed by atoms with E-state index in [-0.39, 0.29) is 6.79 Å². The van der Waals surface area contributed by atoms with Crippen LogP contribution in [0.15, 0.2) is 35.8 Å². The van der Waals surface area contributed by atoms with Gasteiger partial charge in [0.25, 0.3) is 0 Å². The van der Waals surface area contributed by atoms with Crippen molar-refractivity contribution in [3.05, 3.63) is 46.9 Å². The average molecular weight is 289 g/mol. The molecule has 0 saturated heterocycles. The molecule has 2 N–H and O–H groups in total. The summed E-state index contributed by atoms with van der Waals surface area (Å²) in [5, 5.41) is 0. The van der Waals surface area contributed by atoms with Gasteiger partial charge in [-0.1, -0.05) is 19.1 Å². The number of ether oxygens (including phenoxy) is 3. The van der Waals surface area contributed by atoms with Crippen molar-refractivity contribution in [2.45, 2.75) is 26.2 Å². The van der Waals surface area contributed by atoms with Crippen LogP contribution in [0.5, 0.6) is 0 Å². The van der Waals surface area contributed by atoms with Gasteiger partial charge in [0.15, 0.2) is 12.6 Å². The van der Waals surface area contributed by atoms with Crippen LogP contribution in [-0.2, 0) is 20.6 Å². The Hall–Kier alpha value is -1.94. The van der Waals surface area contributed by atoms with E-state index in [0.29, 0.717) is 0 Å². The van der Waals surface area contributed by atoms with E-state index < -0.39 is 0 Å². The lowest BCUT2D eigenvalue weighted by molar-refractivity contribution is -0.00286. The van der Waals surface area contributed by atoms with E-state index in [4.69, 9.17) is 19.9 Å². The molecule has 1 aromatic rings. The Bertz CT molecular complexity index is 561. The first kappa shape index (κ1) is 15.4. The van der Waals surface area contributed by atoms with Crippen molar-refractivity contribution in [2.75, 3.05) is 26.7 Å². The highest BCUT2D eigenvalue weighted by Gasteiger charge is 2.17. The molecule has 1 aliphatic rings. The monoisotopic (exact) mass is 289 g/mol. The number of aryl methyl sites for hydroxylation is 1. The van der Waals surface area contributed by atoms with Crippen molar-refractivity contribution in [2.24, 2.45) is 0 Å². The van der Waals surface area contributed by atoms with E-state index in [1.807, 2.05) is 12.1 Å². The summed E-state index contributed by atoms with van der Waals surface area (Å²) in [5.74, 6) is 1.59. The second kappa shape index (κ2) is 7.18. The smallest absolute Gasteiger partial charge is 0.188 e. The van der Waals surface area contributed by atoms with Crippen molar-refractivity contribution < 1.29 is 14.2 Å². The molecule has 0 amide bonds. The third kappa shape index (κ3) is 3.58. The standard InChI is InChI=1S/C17H23NO3/c1-4-12-5-6-13(9-15(12)18)14-7-8-16(21-11-19-2)17(10-14)20-3/h5-6,9-10H,4,7-8,11,18H2,1-3H3. The molecular formula is C17H23NO3. The summed E-state index contributed by atoms with van der Waals surface area (Å²) < 4.78 is 15.9. The molecule has 0 atom stereocenters. The SMILES string of the molecule is CCc1ccc(C2=CC(OC)=C(OCOC)CC2)cc1N. The van der Waals surface area contributed by atoms with Gasteiger partial charge in [-0.3, -0.25) is 0 Å². The highest BCUT2D eigenvalue weighted by molar-refractivity contribution is 5.72. The molecule has 0 saturated carbocycles. The Morgan fingerprint density at radius 1 is 1.19 bits per heavy atom. The highest BCUT2D eigenvalue weighted by Crippen LogP contribution is 2.32. The lowest BCUT2D eigenvalue weighted by Crippen LogP contribution is -2.06. The second-order valence-electron chi connectivity index (χ2n) is 4.98. The molecule has 4 heteroatoms. The first-order valence-corrected chi connectivity index (χ1v) is 7.17. The van der Waals surface area contributed by atoms with Gasteiger partial charge in [0.2, 0.25) is 0 Å². The highest BCUT2D eigenvalue weighted by atomic mass is 16.7. The van der Waals surface area contributed by atoms with Crippen molar-refractivity contribution in [1.82, 2.24) is 0 Å². The minimum Gasteiger partial charge on any atom is -0.493 e. The predicted molar refractivity (Wildman–Crippen MR) is 84.4 cm³/mol. The van der Waals surface area contributed by atoms with Crippen molar-refractivity contribution in [1.29, 1.82) is 0 Å². The van der Waals surface area contributed by atoms with E-state index in [1.54, 1.807) is 14.2 Å². The van der Waals surface area contributed by atoms with E-state index in [9.17, 15) is 0 Å².